The van der Waals surface area contributed by atoms with E-state index in [0.717, 1.165) is 16.6 Å². The third kappa shape index (κ3) is 2.04. The Morgan fingerprint density at radius 1 is 1.47 bits per heavy atom. The molecule has 0 atom stereocenters. The number of benzene rings is 1. The van der Waals surface area contributed by atoms with Crippen LogP contribution in [0.5, 0.6) is 0 Å². The van der Waals surface area contributed by atoms with Crippen molar-refractivity contribution < 1.29 is 0 Å². The number of nitriles is 1. The molecular weight excluding hydrogens is 258 g/mol. The maximum atomic E-state index is 8.98. The van der Waals surface area contributed by atoms with E-state index < -0.39 is 0 Å². The molecule has 2 aromatic heterocycles. The Morgan fingerprint density at radius 2 is 2.32 bits per heavy atom. The first-order valence-corrected chi connectivity index (χ1v) is 6.18. The summed E-state index contributed by atoms with van der Waals surface area (Å²) < 4.78 is 4.38. The van der Waals surface area contributed by atoms with Crippen LogP contribution in [0.2, 0.25) is 0 Å². The van der Waals surface area contributed by atoms with E-state index in [2.05, 4.69) is 16.2 Å². The minimum Gasteiger partial charge on any atom is -0.331 e. The number of aryl methyl sites for hydroxylation is 1. The second-order valence-electron chi connectivity index (χ2n) is 4.38. The number of nitrogens with zero attached hydrogens (tertiary/aromatic N) is 4. The third-order valence-electron chi connectivity index (χ3n) is 3.00. The molecule has 1 aromatic carbocycles. The van der Waals surface area contributed by atoms with Gasteiger partial charge in [-0.1, -0.05) is 0 Å². The zero-order valence-corrected chi connectivity index (χ0v) is 11.1. The number of hydrogen-bond donors (Lipinski definition) is 1. The van der Waals surface area contributed by atoms with Crippen LogP contribution in [0.15, 0.2) is 30.6 Å². The highest BCUT2D eigenvalue weighted by Crippen LogP contribution is 2.17. The Balaban J connectivity index is 2.14. The van der Waals surface area contributed by atoms with E-state index in [4.69, 9.17) is 17.5 Å². The molecule has 94 valence electrons. The van der Waals surface area contributed by atoms with Crippen molar-refractivity contribution in [2.45, 2.75) is 6.54 Å². The summed E-state index contributed by atoms with van der Waals surface area (Å²) in [6.07, 6.45) is 3.77. The van der Waals surface area contributed by atoms with Crippen molar-refractivity contribution in [3.63, 3.8) is 0 Å². The normalized spacial score (nSPS) is 10.7. The van der Waals surface area contributed by atoms with Crippen molar-refractivity contribution in [2.24, 2.45) is 7.05 Å². The molecule has 0 radical (unpaired) electrons. The summed E-state index contributed by atoms with van der Waals surface area (Å²) in [7, 11) is 1.88. The number of aromatic nitrogens is 4. The molecule has 0 aliphatic heterocycles. The average Bonchev–Trinajstić information content (AvgIpc) is 2.94. The Bertz CT molecular complexity index is 846. The molecule has 5 nitrogen and oxygen atoms in total. The van der Waals surface area contributed by atoms with Crippen LogP contribution in [-0.4, -0.2) is 19.3 Å². The van der Waals surface area contributed by atoms with Gasteiger partial charge in [-0.2, -0.15) is 10.4 Å². The molecule has 0 bridgehead atoms. The van der Waals surface area contributed by atoms with Crippen LogP contribution in [0.4, 0.5) is 0 Å². The Labute approximate surface area is 114 Å². The molecular formula is C13H11N5S. The monoisotopic (exact) mass is 269 g/mol. The van der Waals surface area contributed by atoms with E-state index in [1.165, 1.54) is 0 Å². The Kier molecular flexibility index (Phi) is 2.69. The van der Waals surface area contributed by atoms with Crippen LogP contribution in [0.3, 0.4) is 0 Å². The predicted octanol–water partition coefficient (Wildman–Crippen LogP) is 2.35. The average molecular weight is 269 g/mol. The van der Waals surface area contributed by atoms with Gasteiger partial charge in [0.2, 0.25) is 0 Å². The summed E-state index contributed by atoms with van der Waals surface area (Å²) >= 11 is 5.34. The standard InChI is InChI=1S/C13H11N5S/c1-17-7-10(6-15-17)8-18-12-4-9(5-14)2-3-11(12)16-13(18)19/h2-4,6-7H,8H2,1H3,(H,16,19). The molecule has 3 rings (SSSR count). The number of rotatable bonds is 2. The molecule has 2 heterocycles. The maximum absolute atomic E-state index is 8.98. The maximum Gasteiger partial charge on any atom is 0.178 e. The van der Waals surface area contributed by atoms with Crippen molar-refractivity contribution >= 4 is 23.3 Å². The van der Waals surface area contributed by atoms with Gasteiger partial charge in [0.25, 0.3) is 0 Å². The van der Waals surface area contributed by atoms with E-state index >= 15 is 0 Å². The van der Waals surface area contributed by atoms with Gasteiger partial charge in [-0.3, -0.25) is 4.68 Å². The van der Waals surface area contributed by atoms with E-state index in [0.29, 0.717) is 16.9 Å². The lowest BCUT2D eigenvalue weighted by Gasteiger charge is -2.02. The van der Waals surface area contributed by atoms with Crippen molar-refractivity contribution in [3.05, 3.63) is 46.5 Å². The van der Waals surface area contributed by atoms with Gasteiger partial charge in [0.1, 0.15) is 0 Å². The topological polar surface area (TPSA) is 62.3 Å². The van der Waals surface area contributed by atoms with Crippen molar-refractivity contribution in [1.29, 1.82) is 5.26 Å². The summed E-state index contributed by atoms with van der Waals surface area (Å²) in [4.78, 5) is 3.15. The minimum absolute atomic E-state index is 0.626. The van der Waals surface area contributed by atoms with Gasteiger partial charge in [0.05, 0.1) is 35.4 Å². The van der Waals surface area contributed by atoms with Crippen molar-refractivity contribution in [3.8, 4) is 6.07 Å². The van der Waals surface area contributed by atoms with Gasteiger partial charge < -0.3 is 9.55 Å². The minimum atomic E-state index is 0.626. The SMILES string of the molecule is Cn1cc(Cn2c(=S)[nH]c3ccc(C#N)cc32)cn1. The fourth-order valence-corrected chi connectivity index (χ4v) is 2.39. The molecule has 0 saturated carbocycles. The van der Waals surface area contributed by atoms with Crippen LogP contribution >= 0.6 is 12.2 Å². The van der Waals surface area contributed by atoms with Gasteiger partial charge in [0, 0.05) is 18.8 Å². The number of hydrogen-bond acceptors (Lipinski definition) is 3. The summed E-state index contributed by atoms with van der Waals surface area (Å²) in [5.74, 6) is 0. The van der Waals surface area contributed by atoms with Gasteiger partial charge in [-0.05, 0) is 30.4 Å². The highest BCUT2D eigenvalue weighted by molar-refractivity contribution is 7.71. The second-order valence-corrected chi connectivity index (χ2v) is 4.77. The highest BCUT2D eigenvalue weighted by atomic mass is 32.1. The molecule has 0 saturated heterocycles. The number of nitrogens with one attached hydrogen (secondary N) is 1. The van der Waals surface area contributed by atoms with Crippen LogP contribution < -0.4 is 0 Å². The molecule has 0 fully saturated rings. The van der Waals surface area contributed by atoms with Gasteiger partial charge in [-0.15, -0.1) is 0 Å². The van der Waals surface area contributed by atoms with Gasteiger partial charge in [0.15, 0.2) is 4.77 Å². The largest absolute Gasteiger partial charge is 0.331 e. The van der Waals surface area contributed by atoms with Gasteiger partial charge in [-0.25, -0.2) is 0 Å². The van der Waals surface area contributed by atoms with E-state index in [-0.39, 0.29) is 0 Å². The zero-order valence-electron chi connectivity index (χ0n) is 10.3. The summed E-state index contributed by atoms with van der Waals surface area (Å²) in [6.45, 7) is 0.640. The highest BCUT2D eigenvalue weighted by Gasteiger charge is 2.07. The van der Waals surface area contributed by atoms with Gasteiger partial charge >= 0.3 is 0 Å². The van der Waals surface area contributed by atoms with Crippen molar-refractivity contribution in [1.82, 2.24) is 19.3 Å². The lowest BCUT2D eigenvalue weighted by molar-refractivity contribution is 0.763. The third-order valence-corrected chi connectivity index (χ3v) is 3.33. The molecule has 0 spiro atoms. The molecule has 6 heteroatoms. The summed E-state index contributed by atoms with van der Waals surface area (Å²) in [5, 5.41) is 13.1. The molecule has 19 heavy (non-hydrogen) atoms. The fourth-order valence-electron chi connectivity index (χ4n) is 2.12. The molecule has 0 aliphatic rings. The Hall–Kier alpha value is -2.39. The van der Waals surface area contributed by atoms with E-state index in [1.807, 2.05) is 36.1 Å². The number of imidazole rings is 1. The first kappa shape index (κ1) is 11.7. The second kappa shape index (κ2) is 4.37. The summed E-state index contributed by atoms with van der Waals surface area (Å²) in [5.41, 5.74) is 3.57. The lowest BCUT2D eigenvalue weighted by atomic mass is 10.2. The predicted molar refractivity (Wildman–Crippen MR) is 74.1 cm³/mol. The lowest BCUT2D eigenvalue weighted by Crippen LogP contribution is -1.98. The quantitative estimate of drug-likeness (QED) is 0.726. The molecule has 3 aromatic rings. The number of fused-ring (bicyclic) bond motifs is 1. The molecule has 0 aliphatic carbocycles. The first-order valence-electron chi connectivity index (χ1n) is 5.77. The van der Waals surface area contributed by atoms with E-state index in [1.54, 1.807) is 10.7 Å². The number of aromatic amines is 1. The summed E-state index contributed by atoms with van der Waals surface area (Å²) in [6, 6.07) is 7.65. The fraction of sp³-hybridized carbons (Fsp3) is 0.154. The smallest absolute Gasteiger partial charge is 0.178 e. The van der Waals surface area contributed by atoms with Crippen LogP contribution in [0.25, 0.3) is 11.0 Å². The zero-order chi connectivity index (χ0) is 13.4. The molecule has 0 amide bonds. The van der Waals surface area contributed by atoms with Crippen LogP contribution in [0, 0.1) is 16.1 Å². The number of H-pyrrole nitrogens is 1. The molecule has 1 N–H and O–H groups in total. The molecule has 0 unspecified atom stereocenters. The van der Waals surface area contributed by atoms with Crippen LogP contribution in [0.1, 0.15) is 11.1 Å². The Morgan fingerprint density at radius 3 is 3.00 bits per heavy atom. The van der Waals surface area contributed by atoms with Crippen LogP contribution in [-0.2, 0) is 13.6 Å². The van der Waals surface area contributed by atoms with Crippen molar-refractivity contribution in [2.75, 3.05) is 0 Å². The first-order chi connectivity index (χ1) is 9.17. The van der Waals surface area contributed by atoms with E-state index in [9.17, 15) is 0 Å².